The predicted molar refractivity (Wildman–Crippen MR) is 132 cm³/mol. The first-order valence-electron chi connectivity index (χ1n) is 10.9. The van der Waals surface area contributed by atoms with Crippen molar-refractivity contribution in [1.29, 1.82) is 0 Å². The Morgan fingerprint density at radius 2 is 1.70 bits per heavy atom. The minimum Gasteiger partial charge on any atom is -0.493 e. The maximum atomic E-state index is 13.3. The zero-order valence-electron chi connectivity index (χ0n) is 19.4. The highest BCUT2D eigenvalue weighted by Crippen LogP contribution is 2.40. The highest BCUT2D eigenvalue weighted by atomic mass is 19.1. The van der Waals surface area contributed by atoms with Crippen LogP contribution in [0.5, 0.6) is 5.75 Å². The summed E-state index contributed by atoms with van der Waals surface area (Å²) in [7, 11) is 3.75. The van der Waals surface area contributed by atoms with E-state index in [2.05, 4.69) is 12.2 Å². The molecule has 0 atom stereocenters. The van der Waals surface area contributed by atoms with Crippen LogP contribution in [0.1, 0.15) is 29.8 Å². The highest BCUT2D eigenvalue weighted by Gasteiger charge is 2.19. The van der Waals surface area contributed by atoms with E-state index in [0.717, 1.165) is 29.4 Å². The van der Waals surface area contributed by atoms with E-state index in [9.17, 15) is 9.18 Å². The van der Waals surface area contributed by atoms with E-state index >= 15 is 0 Å². The number of nitrogens with one attached hydrogen (secondary N) is 1. The van der Waals surface area contributed by atoms with E-state index in [1.807, 2.05) is 45.3 Å². The van der Waals surface area contributed by atoms with Gasteiger partial charge in [0.25, 0.3) is 0 Å². The highest BCUT2D eigenvalue weighted by molar-refractivity contribution is 6.05. The molecule has 0 fully saturated rings. The van der Waals surface area contributed by atoms with Crippen LogP contribution in [0.15, 0.2) is 59.0 Å². The van der Waals surface area contributed by atoms with E-state index in [1.165, 1.54) is 12.1 Å². The lowest BCUT2D eigenvalue weighted by Crippen LogP contribution is -1.97. The van der Waals surface area contributed by atoms with Gasteiger partial charge in [0.1, 0.15) is 22.9 Å². The van der Waals surface area contributed by atoms with Crippen LogP contribution < -0.4 is 15.8 Å². The number of aryl methyl sites for hydroxylation is 1. The van der Waals surface area contributed by atoms with Gasteiger partial charge in [-0.05, 0) is 75.0 Å². The maximum absolute atomic E-state index is 13.3. The monoisotopic (exact) mass is 448 g/mol. The summed E-state index contributed by atoms with van der Waals surface area (Å²) in [5.41, 5.74) is 11.3. The van der Waals surface area contributed by atoms with Gasteiger partial charge >= 0.3 is 0 Å². The molecule has 6 heteroatoms. The molecule has 3 N–H and O–H groups in total. The topological polar surface area (TPSA) is 77.5 Å². The molecule has 0 aliphatic rings. The number of rotatable bonds is 6. The van der Waals surface area contributed by atoms with E-state index in [1.54, 1.807) is 18.2 Å². The second kappa shape index (κ2) is 10.8. The average Bonchev–Trinajstić information content (AvgIpc) is 3.17. The minimum atomic E-state index is -0.350. The number of fused-ring (bicyclic) bond motifs is 1. The van der Waals surface area contributed by atoms with Crippen LogP contribution in [0.2, 0.25) is 0 Å². The van der Waals surface area contributed by atoms with Gasteiger partial charge in [-0.25, -0.2) is 4.39 Å². The van der Waals surface area contributed by atoms with Gasteiger partial charge in [0.05, 0.1) is 12.2 Å². The van der Waals surface area contributed by atoms with Crippen LogP contribution in [0, 0.1) is 5.82 Å². The van der Waals surface area contributed by atoms with Crippen LogP contribution in [0.4, 0.5) is 10.1 Å². The first-order valence-corrected chi connectivity index (χ1v) is 10.9. The molecule has 0 aliphatic heterocycles. The van der Waals surface area contributed by atoms with E-state index in [-0.39, 0.29) is 5.82 Å². The number of nitrogens with two attached hydrogens (primary N) is 1. The number of furan rings is 1. The normalized spacial score (nSPS) is 10.6. The molecule has 0 unspecified atom stereocenters. The third-order valence-electron chi connectivity index (χ3n) is 5.19. The Balaban J connectivity index is 0.000000968. The van der Waals surface area contributed by atoms with Crippen molar-refractivity contribution in [2.45, 2.75) is 20.3 Å². The summed E-state index contributed by atoms with van der Waals surface area (Å²) in [6, 6.07) is 15.5. The van der Waals surface area contributed by atoms with Crippen LogP contribution >= 0.6 is 0 Å². The molecule has 0 saturated heterocycles. The quantitative estimate of drug-likeness (QED) is 0.275. The third kappa shape index (κ3) is 5.07. The summed E-state index contributed by atoms with van der Waals surface area (Å²) in [5, 5.41) is 3.42. The fraction of sp³-hybridized carbons (Fsp3) is 0.222. The van der Waals surface area contributed by atoms with Crippen molar-refractivity contribution >= 4 is 22.9 Å². The lowest BCUT2D eigenvalue weighted by molar-refractivity contribution is 0.112. The summed E-state index contributed by atoms with van der Waals surface area (Å²) in [4.78, 5) is 12.0. The standard InChI is InChI=1S/C25H22FNO3.C2H7N/c1-3-15-5-6-17(11-22(15)27)19-12-20-21(14-28)25(16-7-9-18(26)10-8-16)30-24(20)13-23(19)29-4-2;1-3-2/h5-14H,3-4,27H2,1-2H3;3H,1-2H3. The number of benzene rings is 3. The number of carbonyl (C=O) groups excluding carboxylic acids is 1. The van der Waals surface area contributed by atoms with Gasteiger partial charge in [-0.2, -0.15) is 0 Å². The number of anilines is 1. The maximum Gasteiger partial charge on any atom is 0.154 e. The van der Waals surface area contributed by atoms with Crippen molar-refractivity contribution in [3.63, 3.8) is 0 Å². The molecule has 0 saturated carbocycles. The molecule has 0 radical (unpaired) electrons. The first kappa shape index (κ1) is 24.0. The van der Waals surface area contributed by atoms with Gasteiger partial charge in [-0.1, -0.05) is 19.1 Å². The Morgan fingerprint density at radius 1 is 1.03 bits per heavy atom. The Bertz CT molecular complexity index is 1250. The number of carbonyl (C=O) groups is 1. The van der Waals surface area contributed by atoms with Gasteiger partial charge in [0, 0.05) is 28.3 Å². The van der Waals surface area contributed by atoms with Crippen molar-refractivity contribution in [2.75, 3.05) is 26.4 Å². The number of aldehydes is 1. The molecule has 4 rings (SSSR count). The fourth-order valence-corrected chi connectivity index (χ4v) is 3.66. The lowest BCUT2D eigenvalue weighted by Gasteiger charge is -2.12. The molecule has 1 aromatic heterocycles. The molecule has 4 aromatic rings. The van der Waals surface area contributed by atoms with Crippen LogP contribution in [0.25, 0.3) is 33.4 Å². The predicted octanol–water partition coefficient (Wildman–Crippen LogP) is 6.10. The molecular weight excluding hydrogens is 419 g/mol. The van der Waals surface area contributed by atoms with Crippen molar-refractivity contribution in [3.05, 3.63) is 71.5 Å². The van der Waals surface area contributed by atoms with Gasteiger partial charge in [-0.3, -0.25) is 4.79 Å². The zero-order valence-corrected chi connectivity index (χ0v) is 19.4. The molecule has 0 aliphatic carbocycles. The van der Waals surface area contributed by atoms with Gasteiger partial charge in [-0.15, -0.1) is 0 Å². The lowest BCUT2D eigenvalue weighted by atomic mass is 9.98. The van der Waals surface area contributed by atoms with E-state index < -0.39 is 0 Å². The summed E-state index contributed by atoms with van der Waals surface area (Å²) in [6.45, 7) is 4.44. The molecule has 3 aromatic carbocycles. The summed E-state index contributed by atoms with van der Waals surface area (Å²) >= 11 is 0. The average molecular weight is 449 g/mol. The molecule has 0 spiro atoms. The summed E-state index contributed by atoms with van der Waals surface area (Å²) < 4.78 is 25.2. The second-order valence-electron chi connectivity index (χ2n) is 7.51. The first-order chi connectivity index (χ1) is 16.0. The molecule has 1 heterocycles. The molecule has 172 valence electrons. The smallest absolute Gasteiger partial charge is 0.154 e. The zero-order chi connectivity index (χ0) is 24.0. The Kier molecular flexibility index (Phi) is 7.85. The second-order valence-corrected chi connectivity index (χ2v) is 7.51. The van der Waals surface area contributed by atoms with E-state index in [4.69, 9.17) is 14.9 Å². The number of hydrogen-bond acceptors (Lipinski definition) is 5. The van der Waals surface area contributed by atoms with E-state index in [0.29, 0.717) is 45.9 Å². The van der Waals surface area contributed by atoms with Crippen LogP contribution in [-0.2, 0) is 6.42 Å². The summed E-state index contributed by atoms with van der Waals surface area (Å²) in [6.07, 6.45) is 1.62. The number of nitrogen functional groups attached to an aromatic ring is 1. The minimum absolute atomic E-state index is 0.350. The van der Waals surface area contributed by atoms with Crippen molar-refractivity contribution in [1.82, 2.24) is 5.32 Å². The summed E-state index contributed by atoms with van der Waals surface area (Å²) in [5.74, 6) is 0.697. The SMILES string of the molecule is CCOc1cc2oc(-c3ccc(F)cc3)c(C=O)c2cc1-c1ccc(CC)c(N)c1.CNC. The van der Waals surface area contributed by atoms with Crippen molar-refractivity contribution in [2.24, 2.45) is 0 Å². The third-order valence-corrected chi connectivity index (χ3v) is 5.19. The van der Waals surface area contributed by atoms with Crippen molar-refractivity contribution in [3.8, 4) is 28.2 Å². The molecular formula is C27H29FN2O3. The fourth-order valence-electron chi connectivity index (χ4n) is 3.66. The molecule has 33 heavy (non-hydrogen) atoms. The Hall–Kier alpha value is -3.64. The van der Waals surface area contributed by atoms with Crippen LogP contribution in [-0.4, -0.2) is 27.0 Å². The Morgan fingerprint density at radius 3 is 2.27 bits per heavy atom. The van der Waals surface area contributed by atoms with Gasteiger partial charge < -0.3 is 20.2 Å². The molecule has 5 nitrogen and oxygen atoms in total. The number of halogens is 1. The molecule has 0 bridgehead atoms. The van der Waals surface area contributed by atoms with Crippen molar-refractivity contribution < 1.29 is 18.3 Å². The largest absolute Gasteiger partial charge is 0.493 e. The molecule has 0 amide bonds. The van der Waals surface area contributed by atoms with Gasteiger partial charge in [0.2, 0.25) is 0 Å². The number of ether oxygens (including phenoxy) is 1. The number of hydrogen-bond donors (Lipinski definition) is 2. The van der Waals surface area contributed by atoms with Crippen LogP contribution in [0.3, 0.4) is 0 Å². The Labute approximate surface area is 193 Å². The van der Waals surface area contributed by atoms with Gasteiger partial charge in [0.15, 0.2) is 6.29 Å².